The highest BCUT2D eigenvalue weighted by molar-refractivity contribution is 5.27. The number of fused-ring (bicyclic) bond motifs is 10. The van der Waals surface area contributed by atoms with Crippen LogP contribution in [0.3, 0.4) is 0 Å². The molecule has 0 aromatic heterocycles. The van der Waals surface area contributed by atoms with Crippen LogP contribution in [-0.4, -0.2) is 48.3 Å². The minimum Gasteiger partial charge on any atom is -0.393 e. The quantitative estimate of drug-likeness (QED) is 0.217. The van der Waals surface area contributed by atoms with Crippen molar-refractivity contribution < 1.29 is 19.7 Å². The van der Waals surface area contributed by atoms with E-state index in [9.17, 15) is 10.2 Å². The molecule has 56 heavy (non-hydrogen) atoms. The smallest absolute Gasteiger partial charge is 0.0577 e. The lowest BCUT2D eigenvalue weighted by atomic mass is 9.47. The van der Waals surface area contributed by atoms with Crippen molar-refractivity contribution in [2.24, 2.45) is 86.8 Å². The van der Waals surface area contributed by atoms with Crippen LogP contribution in [0.2, 0.25) is 0 Å². The molecule has 6 saturated carbocycles. The van der Waals surface area contributed by atoms with E-state index in [1.54, 1.807) is 11.1 Å². The summed E-state index contributed by atoms with van der Waals surface area (Å²) < 4.78 is 11.9. The van der Waals surface area contributed by atoms with E-state index in [1.165, 1.54) is 83.5 Å². The number of rotatable bonds is 10. The minimum absolute atomic E-state index is 0.0884. The third kappa shape index (κ3) is 7.97. The van der Waals surface area contributed by atoms with E-state index in [0.717, 1.165) is 98.8 Å². The first-order valence-electron chi connectivity index (χ1n) is 24.5. The number of ether oxygens (including phenoxy) is 2. The van der Waals surface area contributed by atoms with Gasteiger partial charge in [-0.1, -0.05) is 78.7 Å². The summed E-state index contributed by atoms with van der Waals surface area (Å²) in [5.74, 6) is 9.06. The molecule has 0 aromatic rings. The Labute approximate surface area is 345 Å². The fourth-order valence-corrected chi connectivity index (χ4v) is 16.5. The van der Waals surface area contributed by atoms with Gasteiger partial charge in [0, 0.05) is 19.8 Å². The Hall–Kier alpha value is -0.680. The molecule has 8 rings (SSSR count). The molecule has 0 spiro atoms. The van der Waals surface area contributed by atoms with E-state index in [-0.39, 0.29) is 12.2 Å². The van der Waals surface area contributed by atoms with Crippen molar-refractivity contribution in [1.82, 2.24) is 0 Å². The van der Waals surface area contributed by atoms with Crippen LogP contribution >= 0.6 is 0 Å². The summed E-state index contributed by atoms with van der Waals surface area (Å²) in [5.41, 5.74) is 4.99. The third-order valence-electron chi connectivity index (χ3n) is 19.5. The molecule has 2 unspecified atom stereocenters. The highest BCUT2D eigenvalue weighted by atomic mass is 16.5. The molecule has 0 aliphatic heterocycles. The van der Waals surface area contributed by atoms with Crippen LogP contribution in [0.25, 0.3) is 0 Å². The van der Waals surface area contributed by atoms with E-state index in [4.69, 9.17) is 9.47 Å². The predicted octanol–water partition coefficient (Wildman–Crippen LogP) is 12.6. The normalized spacial score (nSPS) is 46.5. The molecule has 0 radical (unpaired) electrons. The largest absolute Gasteiger partial charge is 0.393 e. The molecule has 0 saturated heterocycles. The van der Waals surface area contributed by atoms with Gasteiger partial charge in [0.1, 0.15) is 0 Å². The van der Waals surface area contributed by atoms with Gasteiger partial charge in [-0.05, 0) is 210 Å². The topological polar surface area (TPSA) is 58.9 Å². The van der Waals surface area contributed by atoms with Crippen LogP contribution < -0.4 is 0 Å². The molecular weight excluding hydrogens is 689 g/mol. The summed E-state index contributed by atoms with van der Waals surface area (Å²) in [4.78, 5) is 0. The zero-order chi connectivity index (χ0) is 40.2. The summed E-state index contributed by atoms with van der Waals surface area (Å²) in [5, 5.41) is 20.4. The van der Waals surface area contributed by atoms with E-state index in [2.05, 4.69) is 81.4 Å². The van der Waals surface area contributed by atoms with Crippen molar-refractivity contribution in [3.05, 3.63) is 23.3 Å². The first-order valence-corrected chi connectivity index (χ1v) is 24.5. The summed E-state index contributed by atoms with van der Waals surface area (Å²) in [7, 11) is 0. The molecule has 8 aliphatic carbocycles. The third-order valence-corrected chi connectivity index (χ3v) is 19.5. The number of aliphatic hydroxyl groups excluding tert-OH is 2. The summed E-state index contributed by atoms with van der Waals surface area (Å²) in [6, 6.07) is 0. The second kappa shape index (κ2) is 17.0. The van der Waals surface area contributed by atoms with Crippen LogP contribution in [-0.2, 0) is 9.47 Å². The Kier molecular flexibility index (Phi) is 13.2. The number of aliphatic hydroxyl groups is 2. The molecule has 0 heterocycles. The maximum atomic E-state index is 10.2. The first-order chi connectivity index (χ1) is 26.5. The van der Waals surface area contributed by atoms with Gasteiger partial charge in [0.05, 0.1) is 18.3 Å². The van der Waals surface area contributed by atoms with Crippen molar-refractivity contribution in [2.75, 3.05) is 19.8 Å². The Morgan fingerprint density at radius 3 is 1.54 bits per heavy atom. The van der Waals surface area contributed by atoms with Crippen molar-refractivity contribution in [3.63, 3.8) is 0 Å². The monoisotopic (exact) mass is 777 g/mol. The molecule has 8 aliphatic rings. The molecule has 0 bridgehead atoms. The molecular formula is C52H88O4. The van der Waals surface area contributed by atoms with Crippen LogP contribution in [0.15, 0.2) is 23.3 Å². The number of hydrogen-bond acceptors (Lipinski definition) is 4. The predicted molar refractivity (Wildman–Crippen MR) is 232 cm³/mol. The van der Waals surface area contributed by atoms with Gasteiger partial charge in [-0.25, -0.2) is 0 Å². The molecule has 4 heteroatoms. The minimum atomic E-state index is -0.0905. The Morgan fingerprint density at radius 1 is 0.589 bits per heavy atom. The molecule has 16 atom stereocenters. The highest BCUT2D eigenvalue weighted by Gasteiger charge is 2.60. The van der Waals surface area contributed by atoms with Crippen molar-refractivity contribution in [3.8, 4) is 0 Å². The van der Waals surface area contributed by atoms with Crippen molar-refractivity contribution >= 4 is 0 Å². The van der Waals surface area contributed by atoms with Gasteiger partial charge in [-0.3, -0.25) is 0 Å². The van der Waals surface area contributed by atoms with Crippen LogP contribution in [0, 0.1) is 86.8 Å². The lowest BCUT2D eigenvalue weighted by Gasteiger charge is -2.58. The molecule has 6 fully saturated rings. The lowest BCUT2D eigenvalue weighted by molar-refractivity contribution is -0.0635. The van der Waals surface area contributed by atoms with Crippen LogP contribution in [0.1, 0.15) is 178 Å². The van der Waals surface area contributed by atoms with Crippen molar-refractivity contribution in [1.29, 1.82) is 0 Å². The SMILES string of the molecule is CC(C)COCC(C)[C@H]1CC[C@H]2[C@@H]3CC=C4C[C@@H](O)CC[C@]4(C)[C@H]3CC[C@]12C.CC(C)OCCC(C)[C@H]1CC[C@H]2[C@@H]3CC=C4C[C@@H](O)CC[C@]4(C)[C@H]3CC[C@]12C. The summed E-state index contributed by atoms with van der Waals surface area (Å²) in [6.45, 7) is 26.9. The standard InChI is InChI=1S/2C26H44O2/c1-17(2)28-15-12-18(3)22-8-9-23-21-7-6-19-16-20(27)10-13-25(19,4)24(21)11-14-26(22,23)5;1-17(2)15-28-16-18(3)22-8-9-23-21-7-6-19-14-20(27)10-12-25(19,4)24(21)11-13-26(22,23)5/h2*6,17-18,20-24,27H,7-16H2,1-5H3/t2*18?,20-,21-,22+,23-,24-,25-,26+/m00/s1. The fraction of sp³-hybridized carbons (Fsp3) is 0.923. The molecule has 2 N–H and O–H groups in total. The van der Waals surface area contributed by atoms with E-state index in [0.29, 0.717) is 39.6 Å². The van der Waals surface area contributed by atoms with Gasteiger partial charge in [0.2, 0.25) is 0 Å². The zero-order valence-corrected chi connectivity index (χ0v) is 38.1. The first kappa shape index (κ1) is 43.4. The van der Waals surface area contributed by atoms with Gasteiger partial charge >= 0.3 is 0 Å². The Balaban J connectivity index is 0.000000172. The van der Waals surface area contributed by atoms with Crippen LogP contribution in [0.4, 0.5) is 0 Å². The number of hydrogen-bond donors (Lipinski definition) is 2. The Bertz CT molecular complexity index is 1290. The van der Waals surface area contributed by atoms with Gasteiger partial charge in [-0.2, -0.15) is 0 Å². The zero-order valence-electron chi connectivity index (χ0n) is 38.1. The average Bonchev–Trinajstić information content (AvgIpc) is 3.69. The molecule has 0 aromatic carbocycles. The van der Waals surface area contributed by atoms with E-state index < -0.39 is 0 Å². The molecule has 0 amide bonds. The summed E-state index contributed by atoms with van der Waals surface area (Å²) in [6.07, 6.45) is 26.7. The maximum absolute atomic E-state index is 10.2. The second-order valence-electron chi connectivity index (χ2n) is 23.4. The van der Waals surface area contributed by atoms with E-state index >= 15 is 0 Å². The fourth-order valence-electron chi connectivity index (χ4n) is 16.5. The van der Waals surface area contributed by atoms with Gasteiger partial charge in [0.25, 0.3) is 0 Å². The van der Waals surface area contributed by atoms with Gasteiger partial charge < -0.3 is 19.7 Å². The average molecular weight is 777 g/mol. The lowest BCUT2D eigenvalue weighted by Crippen LogP contribution is -2.51. The number of allylic oxidation sites excluding steroid dienone is 2. The highest BCUT2D eigenvalue weighted by Crippen LogP contribution is 2.69. The van der Waals surface area contributed by atoms with Gasteiger partial charge in [0.15, 0.2) is 0 Å². The summed E-state index contributed by atoms with van der Waals surface area (Å²) >= 11 is 0. The Morgan fingerprint density at radius 2 is 1.07 bits per heavy atom. The van der Waals surface area contributed by atoms with E-state index in [1.807, 2.05) is 0 Å². The maximum Gasteiger partial charge on any atom is 0.0577 e. The van der Waals surface area contributed by atoms with Crippen LogP contribution in [0.5, 0.6) is 0 Å². The molecule has 320 valence electrons. The van der Waals surface area contributed by atoms with Gasteiger partial charge in [-0.15, -0.1) is 0 Å². The molecule has 4 nitrogen and oxygen atoms in total. The second-order valence-corrected chi connectivity index (χ2v) is 23.4. The van der Waals surface area contributed by atoms with Crippen molar-refractivity contribution in [2.45, 2.75) is 197 Å².